The lowest BCUT2D eigenvalue weighted by atomic mass is 9.82. The molecule has 142 valence electrons. The van der Waals surface area contributed by atoms with Gasteiger partial charge in [-0.1, -0.05) is 23.9 Å². The van der Waals surface area contributed by atoms with E-state index in [1.165, 1.54) is 43.0 Å². The average Bonchev–Trinajstić information content (AvgIpc) is 2.96. The molecule has 2 heterocycles. The van der Waals surface area contributed by atoms with Gasteiger partial charge in [-0.15, -0.1) is 0 Å². The molecule has 0 aliphatic carbocycles. The maximum atomic E-state index is 12.6. The summed E-state index contributed by atoms with van der Waals surface area (Å²) < 4.78 is 9.79. The lowest BCUT2D eigenvalue weighted by Crippen LogP contribution is -2.40. The minimum absolute atomic E-state index is 0.0269. The Balaban J connectivity index is 2.32. The Morgan fingerprint density at radius 1 is 1.11 bits per heavy atom. The van der Waals surface area contributed by atoms with Crippen LogP contribution in [0.25, 0.3) is 0 Å². The molecule has 2 aliphatic heterocycles. The van der Waals surface area contributed by atoms with Crippen molar-refractivity contribution in [3.63, 3.8) is 0 Å². The molecule has 0 saturated carbocycles. The normalized spacial score (nSPS) is 22.0. The molecule has 1 fully saturated rings. The van der Waals surface area contributed by atoms with Crippen LogP contribution < -0.4 is 5.73 Å². The number of rotatable bonds is 3. The van der Waals surface area contributed by atoms with E-state index in [0.29, 0.717) is 10.6 Å². The summed E-state index contributed by atoms with van der Waals surface area (Å²) >= 11 is 1.18. The second kappa shape index (κ2) is 6.99. The van der Waals surface area contributed by atoms with E-state index in [2.05, 4.69) is 0 Å². The zero-order chi connectivity index (χ0) is 19.9. The number of nitrogens with zero attached hydrogens (tertiary/aromatic N) is 1. The number of phenols is 1. The molecule has 2 aliphatic rings. The van der Waals surface area contributed by atoms with Crippen LogP contribution in [0.4, 0.5) is 0 Å². The van der Waals surface area contributed by atoms with E-state index in [9.17, 15) is 19.5 Å². The van der Waals surface area contributed by atoms with Crippen molar-refractivity contribution in [3.05, 3.63) is 51.8 Å². The molecule has 8 nitrogen and oxygen atoms in total. The summed E-state index contributed by atoms with van der Waals surface area (Å²) in [5.74, 6) is -2.73. The van der Waals surface area contributed by atoms with E-state index in [1.807, 2.05) is 0 Å². The number of benzene rings is 1. The number of aromatic hydroxyl groups is 1. The van der Waals surface area contributed by atoms with Gasteiger partial charge in [0.05, 0.1) is 41.6 Å². The Morgan fingerprint density at radius 2 is 1.67 bits per heavy atom. The average molecular weight is 390 g/mol. The van der Waals surface area contributed by atoms with Crippen molar-refractivity contribution in [1.29, 1.82) is 0 Å². The fraction of sp³-hybridized carbons (Fsp3) is 0.278. The fourth-order valence-electron chi connectivity index (χ4n) is 3.15. The summed E-state index contributed by atoms with van der Waals surface area (Å²) in [5.41, 5.74) is 6.81. The van der Waals surface area contributed by atoms with E-state index in [1.54, 1.807) is 19.1 Å². The molecule has 9 heteroatoms. The quantitative estimate of drug-likeness (QED) is 0.739. The minimum Gasteiger partial charge on any atom is -0.508 e. The number of nitrogens with two attached hydrogens (primary N) is 1. The molecule has 3 rings (SSSR count). The number of ether oxygens (including phenoxy) is 2. The van der Waals surface area contributed by atoms with Gasteiger partial charge in [0.25, 0.3) is 0 Å². The van der Waals surface area contributed by atoms with Crippen molar-refractivity contribution in [1.82, 2.24) is 4.90 Å². The Kier molecular flexibility index (Phi) is 4.88. The standard InChI is InChI=1S/C18H18N2O6S/c1-8-15(22)20-14(19)12(17(23)25-2)11(9-4-6-10(21)7-5-9)13(16(20)27-8)18(24)26-3/h4-8,11,21H,19H2,1-3H3. The molecule has 1 aromatic carbocycles. The van der Waals surface area contributed by atoms with Crippen LogP contribution in [0.1, 0.15) is 18.4 Å². The van der Waals surface area contributed by atoms with Crippen LogP contribution in [0.3, 0.4) is 0 Å². The van der Waals surface area contributed by atoms with E-state index in [-0.39, 0.29) is 28.6 Å². The molecular formula is C18H18N2O6S. The number of esters is 2. The highest BCUT2D eigenvalue weighted by molar-refractivity contribution is 8.04. The number of carbonyl (C=O) groups excluding carboxylic acids is 3. The third-order valence-electron chi connectivity index (χ3n) is 4.42. The van der Waals surface area contributed by atoms with Crippen molar-refractivity contribution in [3.8, 4) is 5.75 Å². The smallest absolute Gasteiger partial charge is 0.338 e. The highest BCUT2D eigenvalue weighted by Crippen LogP contribution is 2.49. The fourth-order valence-corrected chi connectivity index (χ4v) is 4.31. The van der Waals surface area contributed by atoms with Crippen LogP contribution in [0.2, 0.25) is 0 Å². The first-order valence-corrected chi connectivity index (χ1v) is 8.89. The largest absolute Gasteiger partial charge is 0.508 e. The molecule has 0 bridgehead atoms. The lowest BCUT2D eigenvalue weighted by molar-refractivity contribution is -0.137. The number of hydrogen-bond acceptors (Lipinski definition) is 8. The summed E-state index contributed by atoms with van der Waals surface area (Å²) in [6, 6.07) is 6.00. The summed E-state index contributed by atoms with van der Waals surface area (Å²) in [5, 5.41) is 9.44. The predicted molar refractivity (Wildman–Crippen MR) is 97.0 cm³/mol. The molecule has 0 radical (unpaired) electrons. The molecule has 0 aromatic heterocycles. The second-order valence-corrected chi connectivity index (χ2v) is 7.29. The Morgan fingerprint density at radius 3 is 2.22 bits per heavy atom. The van der Waals surface area contributed by atoms with Crippen molar-refractivity contribution >= 4 is 29.6 Å². The molecule has 27 heavy (non-hydrogen) atoms. The van der Waals surface area contributed by atoms with Gasteiger partial charge in [-0.05, 0) is 24.6 Å². The number of thioether (sulfide) groups is 1. The highest BCUT2D eigenvalue weighted by Gasteiger charge is 2.48. The second-order valence-electron chi connectivity index (χ2n) is 5.96. The number of methoxy groups -OCH3 is 2. The molecule has 2 unspecified atom stereocenters. The predicted octanol–water partition coefficient (Wildman–Crippen LogP) is 1.18. The third-order valence-corrected chi connectivity index (χ3v) is 5.60. The molecule has 3 N–H and O–H groups in total. The van der Waals surface area contributed by atoms with E-state index in [4.69, 9.17) is 15.2 Å². The number of carbonyl (C=O) groups is 3. The highest BCUT2D eigenvalue weighted by atomic mass is 32.2. The molecule has 0 spiro atoms. The SMILES string of the molecule is COC(=O)C1=C(N)N2C(=O)C(C)SC2=C(C(=O)OC)C1c1ccc(O)cc1. The molecular weight excluding hydrogens is 372 g/mol. The van der Waals surface area contributed by atoms with Gasteiger partial charge >= 0.3 is 11.9 Å². The molecule has 2 atom stereocenters. The van der Waals surface area contributed by atoms with Crippen LogP contribution in [-0.2, 0) is 23.9 Å². The first-order valence-electron chi connectivity index (χ1n) is 8.01. The van der Waals surface area contributed by atoms with Crippen LogP contribution in [0.15, 0.2) is 46.3 Å². The van der Waals surface area contributed by atoms with Gasteiger partial charge in [0.15, 0.2) is 0 Å². The minimum atomic E-state index is -0.901. The van der Waals surface area contributed by atoms with Gasteiger partial charge in [-0.3, -0.25) is 9.69 Å². The van der Waals surface area contributed by atoms with Crippen LogP contribution in [0.5, 0.6) is 5.75 Å². The van der Waals surface area contributed by atoms with Crippen LogP contribution >= 0.6 is 11.8 Å². The summed E-state index contributed by atoms with van der Waals surface area (Å²) in [4.78, 5) is 38.9. The lowest BCUT2D eigenvalue weighted by Gasteiger charge is -2.32. The van der Waals surface area contributed by atoms with Gasteiger partial charge in [0.1, 0.15) is 11.6 Å². The van der Waals surface area contributed by atoms with Gasteiger partial charge in [0, 0.05) is 0 Å². The number of amides is 1. The zero-order valence-electron chi connectivity index (χ0n) is 14.9. The number of phenolic OH excluding ortho intramolecular Hbond substituents is 1. The van der Waals surface area contributed by atoms with E-state index >= 15 is 0 Å². The van der Waals surface area contributed by atoms with E-state index in [0.717, 1.165) is 0 Å². The van der Waals surface area contributed by atoms with Gasteiger partial charge in [-0.25, -0.2) is 9.59 Å². The van der Waals surface area contributed by atoms with Crippen LogP contribution in [-0.4, -0.2) is 47.3 Å². The van der Waals surface area contributed by atoms with Crippen molar-refractivity contribution < 1.29 is 29.0 Å². The van der Waals surface area contributed by atoms with Crippen molar-refractivity contribution in [2.75, 3.05) is 14.2 Å². The topological polar surface area (TPSA) is 119 Å². The van der Waals surface area contributed by atoms with Crippen LogP contribution in [0, 0.1) is 0 Å². The third kappa shape index (κ3) is 2.93. The van der Waals surface area contributed by atoms with Gasteiger partial charge < -0.3 is 20.3 Å². The van der Waals surface area contributed by atoms with Gasteiger partial charge in [-0.2, -0.15) is 0 Å². The Bertz CT molecular complexity index is 890. The van der Waals surface area contributed by atoms with E-state index < -0.39 is 23.1 Å². The number of fused-ring (bicyclic) bond motifs is 1. The summed E-state index contributed by atoms with van der Waals surface area (Å²) in [7, 11) is 2.41. The summed E-state index contributed by atoms with van der Waals surface area (Å²) in [6.07, 6.45) is 0. The maximum absolute atomic E-state index is 12.6. The Hall–Kier alpha value is -2.94. The van der Waals surface area contributed by atoms with Gasteiger partial charge in [0.2, 0.25) is 5.91 Å². The Labute approximate surface area is 159 Å². The first-order chi connectivity index (χ1) is 12.8. The molecule has 1 amide bonds. The van der Waals surface area contributed by atoms with Crippen molar-refractivity contribution in [2.45, 2.75) is 18.1 Å². The monoisotopic (exact) mass is 390 g/mol. The summed E-state index contributed by atoms with van der Waals surface area (Å²) in [6.45, 7) is 1.69. The van der Waals surface area contributed by atoms with Crippen molar-refractivity contribution in [2.24, 2.45) is 5.73 Å². The first kappa shape index (κ1) is 18.8. The zero-order valence-corrected chi connectivity index (χ0v) is 15.7. The maximum Gasteiger partial charge on any atom is 0.338 e. The molecule has 1 saturated heterocycles. The molecule has 1 aromatic rings. The number of hydrogen-bond donors (Lipinski definition) is 2.